The number of fused-ring (bicyclic) bond motifs is 2. The molecule has 146 valence electrons. The van der Waals surface area contributed by atoms with E-state index in [-0.39, 0.29) is 5.56 Å². The number of nitrogens with zero attached hydrogens (tertiary/aromatic N) is 4. The maximum absolute atomic E-state index is 13.3. The van der Waals surface area contributed by atoms with E-state index >= 15 is 0 Å². The summed E-state index contributed by atoms with van der Waals surface area (Å²) in [5.41, 5.74) is 4.63. The molecule has 0 spiro atoms. The van der Waals surface area contributed by atoms with Crippen LogP contribution in [0.1, 0.15) is 11.4 Å². The molecule has 0 saturated carbocycles. The van der Waals surface area contributed by atoms with Crippen molar-refractivity contribution in [2.75, 3.05) is 0 Å². The van der Waals surface area contributed by atoms with Gasteiger partial charge in [0.25, 0.3) is 5.56 Å². The molecule has 0 atom stereocenters. The topological polar surface area (TPSA) is 60.7 Å². The first-order valence-corrected chi connectivity index (χ1v) is 9.95. The molecule has 0 N–H and O–H groups in total. The van der Waals surface area contributed by atoms with Crippen molar-refractivity contribution in [2.45, 2.75) is 19.9 Å². The van der Waals surface area contributed by atoms with Crippen LogP contribution < -0.4 is 5.56 Å². The van der Waals surface area contributed by atoms with Crippen LogP contribution in [0.4, 0.5) is 0 Å². The molecule has 0 bridgehead atoms. The fourth-order valence-corrected chi connectivity index (χ4v) is 3.81. The summed E-state index contributed by atoms with van der Waals surface area (Å²) in [6.07, 6.45) is 4.18. The summed E-state index contributed by atoms with van der Waals surface area (Å²) in [6.45, 7) is 2.43. The highest BCUT2D eigenvalue weighted by Gasteiger charge is 2.11. The normalized spacial score (nSPS) is 11.2. The van der Waals surface area contributed by atoms with Gasteiger partial charge in [0, 0.05) is 34.8 Å². The fraction of sp³-hybridized carbons (Fsp3) is 0.120. The Labute approximate surface area is 173 Å². The molecule has 5 rings (SSSR count). The van der Waals surface area contributed by atoms with Gasteiger partial charge in [0.2, 0.25) is 0 Å². The van der Waals surface area contributed by atoms with Gasteiger partial charge in [-0.2, -0.15) is 5.10 Å². The van der Waals surface area contributed by atoms with E-state index < -0.39 is 0 Å². The Bertz CT molecular complexity index is 1440. The van der Waals surface area contributed by atoms with Crippen molar-refractivity contribution >= 4 is 21.7 Å². The standard InChI is InChI=1S/C25H20N4O/c1-17-15-19(11-13-26-17)22-7-4-6-20-16-27-29(25(30)24(20)22)14-12-21-10-9-18-5-2-3-8-23(18)28-21/h2-11,13,15-16H,12,14H2,1H3. The van der Waals surface area contributed by atoms with Gasteiger partial charge in [-0.05, 0) is 42.3 Å². The molecule has 3 heterocycles. The number of hydrogen-bond donors (Lipinski definition) is 0. The lowest BCUT2D eigenvalue weighted by Gasteiger charge is -2.10. The van der Waals surface area contributed by atoms with Crippen molar-refractivity contribution in [2.24, 2.45) is 0 Å². The highest BCUT2D eigenvalue weighted by Crippen LogP contribution is 2.26. The lowest BCUT2D eigenvalue weighted by atomic mass is 10.0. The molecule has 0 saturated heterocycles. The van der Waals surface area contributed by atoms with E-state index in [2.05, 4.69) is 16.1 Å². The molecule has 30 heavy (non-hydrogen) atoms. The molecule has 0 fully saturated rings. The number of hydrogen-bond acceptors (Lipinski definition) is 4. The van der Waals surface area contributed by atoms with Crippen LogP contribution in [0.2, 0.25) is 0 Å². The molecular weight excluding hydrogens is 372 g/mol. The van der Waals surface area contributed by atoms with Crippen LogP contribution in [0.15, 0.2) is 83.9 Å². The number of para-hydroxylation sites is 1. The fourth-order valence-electron chi connectivity index (χ4n) is 3.81. The van der Waals surface area contributed by atoms with Crippen molar-refractivity contribution in [3.8, 4) is 11.1 Å². The molecule has 3 aromatic heterocycles. The summed E-state index contributed by atoms with van der Waals surface area (Å²) >= 11 is 0. The van der Waals surface area contributed by atoms with Crippen LogP contribution in [0.25, 0.3) is 32.8 Å². The highest BCUT2D eigenvalue weighted by atomic mass is 16.1. The summed E-state index contributed by atoms with van der Waals surface area (Å²) in [6, 6.07) is 21.9. The average molecular weight is 392 g/mol. The van der Waals surface area contributed by atoms with Crippen LogP contribution in [0, 0.1) is 6.92 Å². The highest BCUT2D eigenvalue weighted by molar-refractivity contribution is 5.95. The van der Waals surface area contributed by atoms with Gasteiger partial charge in [-0.25, -0.2) is 4.68 Å². The first kappa shape index (κ1) is 18.2. The Hall–Kier alpha value is -3.86. The van der Waals surface area contributed by atoms with E-state index in [1.54, 1.807) is 12.4 Å². The largest absolute Gasteiger partial charge is 0.275 e. The van der Waals surface area contributed by atoms with Crippen molar-refractivity contribution in [1.29, 1.82) is 0 Å². The Morgan fingerprint density at radius 3 is 2.70 bits per heavy atom. The molecule has 5 nitrogen and oxygen atoms in total. The van der Waals surface area contributed by atoms with Gasteiger partial charge >= 0.3 is 0 Å². The molecule has 0 amide bonds. The predicted molar refractivity (Wildman–Crippen MR) is 119 cm³/mol. The summed E-state index contributed by atoms with van der Waals surface area (Å²) in [7, 11) is 0. The number of pyridine rings is 2. The van der Waals surface area contributed by atoms with E-state index in [9.17, 15) is 4.79 Å². The van der Waals surface area contributed by atoms with Crippen molar-refractivity contribution in [3.63, 3.8) is 0 Å². The van der Waals surface area contributed by atoms with E-state index in [1.807, 2.05) is 67.6 Å². The summed E-state index contributed by atoms with van der Waals surface area (Å²) in [5, 5.41) is 7.04. The van der Waals surface area contributed by atoms with E-state index in [1.165, 1.54) is 4.68 Å². The predicted octanol–water partition coefficient (Wildman–Crippen LogP) is 4.56. The third kappa shape index (κ3) is 3.35. The van der Waals surface area contributed by atoms with Crippen LogP contribution in [0.5, 0.6) is 0 Å². The number of aromatic nitrogens is 4. The van der Waals surface area contributed by atoms with Gasteiger partial charge in [0.1, 0.15) is 0 Å². The molecular formula is C25H20N4O. The maximum Gasteiger partial charge on any atom is 0.275 e. The lowest BCUT2D eigenvalue weighted by Crippen LogP contribution is -2.24. The maximum atomic E-state index is 13.3. The monoisotopic (exact) mass is 392 g/mol. The molecule has 0 aliphatic heterocycles. The van der Waals surface area contributed by atoms with Gasteiger partial charge in [-0.15, -0.1) is 0 Å². The lowest BCUT2D eigenvalue weighted by molar-refractivity contribution is 0.580. The Morgan fingerprint density at radius 2 is 1.80 bits per heavy atom. The SMILES string of the molecule is Cc1cc(-c2cccc3cnn(CCc4ccc5ccccc5n4)c(=O)c23)ccn1. The second-order valence-corrected chi connectivity index (χ2v) is 7.37. The van der Waals surface area contributed by atoms with Crippen LogP contribution in [-0.4, -0.2) is 19.7 Å². The third-order valence-corrected chi connectivity index (χ3v) is 5.32. The Kier molecular flexibility index (Phi) is 4.56. The molecule has 0 unspecified atom stereocenters. The van der Waals surface area contributed by atoms with Crippen LogP contribution in [-0.2, 0) is 13.0 Å². The minimum absolute atomic E-state index is 0.0849. The summed E-state index contributed by atoms with van der Waals surface area (Å²) < 4.78 is 1.54. The Balaban J connectivity index is 1.52. The molecule has 5 heteroatoms. The minimum atomic E-state index is -0.0849. The zero-order valence-corrected chi connectivity index (χ0v) is 16.6. The second-order valence-electron chi connectivity index (χ2n) is 7.37. The van der Waals surface area contributed by atoms with Crippen LogP contribution in [0.3, 0.4) is 0 Å². The van der Waals surface area contributed by atoms with Gasteiger partial charge in [0.15, 0.2) is 0 Å². The number of benzene rings is 2. The van der Waals surface area contributed by atoms with Crippen LogP contribution >= 0.6 is 0 Å². The molecule has 0 aliphatic rings. The first-order valence-electron chi connectivity index (χ1n) is 9.95. The van der Waals surface area contributed by atoms with E-state index in [4.69, 9.17) is 4.98 Å². The quantitative estimate of drug-likeness (QED) is 0.450. The Morgan fingerprint density at radius 1 is 0.933 bits per heavy atom. The van der Waals surface area contributed by atoms with Gasteiger partial charge in [0.05, 0.1) is 23.6 Å². The zero-order chi connectivity index (χ0) is 20.5. The number of rotatable bonds is 4. The molecule has 5 aromatic rings. The average Bonchev–Trinajstić information content (AvgIpc) is 2.78. The van der Waals surface area contributed by atoms with Crippen molar-refractivity contribution < 1.29 is 0 Å². The van der Waals surface area contributed by atoms with E-state index in [0.717, 1.165) is 38.8 Å². The van der Waals surface area contributed by atoms with Crippen molar-refractivity contribution in [1.82, 2.24) is 19.7 Å². The zero-order valence-electron chi connectivity index (χ0n) is 16.6. The van der Waals surface area contributed by atoms with Gasteiger partial charge in [-0.1, -0.05) is 42.5 Å². The van der Waals surface area contributed by atoms with Crippen molar-refractivity contribution in [3.05, 3.63) is 101 Å². The van der Waals surface area contributed by atoms with E-state index in [0.29, 0.717) is 18.4 Å². The van der Waals surface area contributed by atoms with Gasteiger partial charge in [-0.3, -0.25) is 14.8 Å². The summed E-state index contributed by atoms with van der Waals surface area (Å²) in [5.74, 6) is 0. The molecule has 0 aliphatic carbocycles. The smallest absolute Gasteiger partial charge is 0.267 e. The minimum Gasteiger partial charge on any atom is -0.267 e. The first-order chi connectivity index (χ1) is 14.7. The molecule has 0 radical (unpaired) electrons. The molecule has 2 aromatic carbocycles. The second kappa shape index (κ2) is 7.52. The number of aryl methyl sites for hydroxylation is 3. The third-order valence-electron chi connectivity index (χ3n) is 5.32. The summed E-state index contributed by atoms with van der Waals surface area (Å²) in [4.78, 5) is 22.3. The van der Waals surface area contributed by atoms with Gasteiger partial charge < -0.3 is 0 Å².